The molecular formula is C18H21N. The van der Waals surface area contributed by atoms with Gasteiger partial charge in [0.05, 0.1) is 5.69 Å². The van der Waals surface area contributed by atoms with E-state index in [1.165, 1.54) is 11.1 Å². The van der Waals surface area contributed by atoms with E-state index in [1.807, 2.05) is 24.4 Å². The van der Waals surface area contributed by atoms with E-state index in [1.54, 1.807) is 0 Å². The topological polar surface area (TPSA) is 12.4 Å². The van der Waals surface area contributed by atoms with Crippen LogP contribution in [-0.2, 0) is 5.41 Å². The van der Waals surface area contributed by atoms with Crippen LogP contribution in [0.3, 0.4) is 0 Å². The quantitative estimate of drug-likeness (QED) is 0.663. The number of aryl methyl sites for hydroxylation is 1. The number of rotatable bonds is 2. The minimum atomic E-state index is 0.200. The van der Waals surface area contributed by atoms with E-state index < -0.39 is 0 Å². The van der Waals surface area contributed by atoms with Crippen LogP contribution in [0.1, 0.15) is 37.5 Å². The van der Waals surface area contributed by atoms with Gasteiger partial charge < -0.3 is 0 Å². The summed E-state index contributed by atoms with van der Waals surface area (Å²) in [6.07, 6.45) is 1.93. The molecule has 0 saturated heterocycles. The molecule has 0 N–H and O–H groups in total. The molecule has 0 aromatic heterocycles. The van der Waals surface area contributed by atoms with Gasteiger partial charge in [-0.05, 0) is 35.1 Å². The Kier molecular flexibility index (Phi) is 3.84. The zero-order chi connectivity index (χ0) is 13.9. The molecular weight excluding hydrogens is 230 g/mol. The maximum atomic E-state index is 4.54. The Hall–Kier alpha value is -1.89. The van der Waals surface area contributed by atoms with E-state index in [0.717, 1.165) is 11.3 Å². The summed E-state index contributed by atoms with van der Waals surface area (Å²) in [6, 6.07) is 16.8. The summed E-state index contributed by atoms with van der Waals surface area (Å²) in [5.74, 6) is 0. The lowest BCUT2D eigenvalue weighted by atomic mass is 9.87. The fourth-order valence-corrected chi connectivity index (χ4v) is 1.92. The van der Waals surface area contributed by atoms with Crippen LogP contribution in [-0.4, -0.2) is 6.21 Å². The Bertz CT molecular complexity index is 571. The Labute approximate surface area is 116 Å². The first-order valence-corrected chi connectivity index (χ1v) is 6.67. The number of nitrogens with zero attached hydrogens (tertiary/aromatic N) is 1. The molecule has 0 aliphatic carbocycles. The molecule has 1 nitrogen and oxygen atoms in total. The molecule has 0 radical (unpaired) electrons. The van der Waals surface area contributed by atoms with Crippen LogP contribution in [0.5, 0.6) is 0 Å². The predicted octanol–water partition coefficient (Wildman–Crippen LogP) is 5.04. The molecule has 2 aromatic carbocycles. The molecule has 0 unspecified atom stereocenters. The van der Waals surface area contributed by atoms with Crippen molar-refractivity contribution in [2.75, 3.05) is 0 Å². The van der Waals surface area contributed by atoms with Gasteiger partial charge in [0.2, 0.25) is 0 Å². The number of aliphatic imine (C=N–C) groups is 1. The molecule has 0 fully saturated rings. The largest absolute Gasteiger partial charge is 0.256 e. The highest BCUT2D eigenvalue weighted by atomic mass is 14.7. The Morgan fingerprint density at radius 1 is 0.895 bits per heavy atom. The van der Waals surface area contributed by atoms with Gasteiger partial charge in [0, 0.05) is 6.21 Å². The van der Waals surface area contributed by atoms with Crippen molar-refractivity contribution < 1.29 is 0 Å². The molecule has 2 aromatic rings. The summed E-state index contributed by atoms with van der Waals surface area (Å²) in [5.41, 5.74) is 4.91. The standard InChI is InChI=1S/C18H21N/c1-14-7-5-6-8-17(14)19-13-15-9-11-16(12-10-15)18(2,3)4/h5-13H,1-4H3/b19-13+. The summed E-state index contributed by atoms with van der Waals surface area (Å²) in [6.45, 7) is 8.76. The highest BCUT2D eigenvalue weighted by molar-refractivity contribution is 5.82. The van der Waals surface area contributed by atoms with Crippen molar-refractivity contribution >= 4 is 11.9 Å². The molecule has 2 rings (SSSR count). The molecule has 0 aliphatic heterocycles. The van der Waals surface area contributed by atoms with E-state index >= 15 is 0 Å². The average Bonchev–Trinajstić information content (AvgIpc) is 2.37. The van der Waals surface area contributed by atoms with E-state index in [-0.39, 0.29) is 5.41 Å². The zero-order valence-electron chi connectivity index (χ0n) is 12.1. The first-order valence-electron chi connectivity index (χ1n) is 6.67. The predicted molar refractivity (Wildman–Crippen MR) is 83.6 cm³/mol. The monoisotopic (exact) mass is 251 g/mol. The normalized spacial score (nSPS) is 12.0. The van der Waals surface area contributed by atoms with E-state index in [2.05, 4.69) is 63.0 Å². The highest BCUT2D eigenvalue weighted by Crippen LogP contribution is 2.22. The molecule has 0 bridgehead atoms. The summed E-state index contributed by atoms with van der Waals surface area (Å²) in [7, 11) is 0. The van der Waals surface area contributed by atoms with E-state index in [4.69, 9.17) is 0 Å². The molecule has 19 heavy (non-hydrogen) atoms. The lowest BCUT2D eigenvalue weighted by molar-refractivity contribution is 0.590. The second-order valence-electron chi connectivity index (χ2n) is 5.92. The number of hydrogen-bond acceptors (Lipinski definition) is 1. The molecule has 0 heterocycles. The van der Waals surface area contributed by atoms with Gasteiger partial charge in [-0.3, -0.25) is 4.99 Å². The Balaban J connectivity index is 2.19. The lowest BCUT2D eigenvalue weighted by Crippen LogP contribution is -2.10. The van der Waals surface area contributed by atoms with Crippen LogP contribution in [0.4, 0.5) is 5.69 Å². The Morgan fingerprint density at radius 2 is 1.53 bits per heavy atom. The molecule has 0 aliphatic rings. The minimum absolute atomic E-state index is 0.200. The first kappa shape index (κ1) is 13.5. The summed E-state index contributed by atoms with van der Waals surface area (Å²) >= 11 is 0. The zero-order valence-corrected chi connectivity index (χ0v) is 12.1. The Morgan fingerprint density at radius 3 is 2.11 bits per heavy atom. The van der Waals surface area contributed by atoms with Gasteiger partial charge in [-0.2, -0.15) is 0 Å². The van der Waals surface area contributed by atoms with Crippen LogP contribution >= 0.6 is 0 Å². The van der Waals surface area contributed by atoms with Gasteiger partial charge in [-0.15, -0.1) is 0 Å². The fourth-order valence-electron chi connectivity index (χ4n) is 1.92. The van der Waals surface area contributed by atoms with Crippen molar-refractivity contribution in [2.24, 2.45) is 4.99 Å². The second-order valence-corrected chi connectivity index (χ2v) is 5.92. The molecule has 0 atom stereocenters. The van der Waals surface area contributed by atoms with Crippen molar-refractivity contribution in [3.05, 3.63) is 65.2 Å². The molecule has 98 valence electrons. The lowest BCUT2D eigenvalue weighted by Gasteiger charge is -2.18. The molecule has 0 saturated carbocycles. The third-order valence-electron chi connectivity index (χ3n) is 3.24. The van der Waals surface area contributed by atoms with Gasteiger partial charge in [-0.1, -0.05) is 63.2 Å². The van der Waals surface area contributed by atoms with Crippen molar-refractivity contribution in [1.82, 2.24) is 0 Å². The second kappa shape index (κ2) is 5.40. The van der Waals surface area contributed by atoms with Crippen LogP contribution in [0.25, 0.3) is 0 Å². The first-order chi connectivity index (χ1) is 8.97. The average molecular weight is 251 g/mol. The van der Waals surface area contributed by atoms with Crippen molar-refractivity contribution in [3.8, 4) is 0 Å². The summed E-state index contributed by atoms with van der Waals surface area (Å²) in [4.78, 5) is 4.54. The van der Waals surface area contributed by atoms with Gasteiger partial charge in [0.1, 0.15) is 0 Å². The molecule has 0 spiro atoms. The third kappa shape index (κ3) is 3.54. The highest BCUT2D eigenvalue weighted by Gasteiger charge is 2.12. The minimum Gasteiger partial charge on any atom is -0.256 e. The molecule has 0 amide bonds. The van der Waals surface area contributed by atoms with Crippen molar-refractivity contribution in [3.63, 3.8) is 0 Å². The van der Waals surface area contributed by atoms with Crippen molar-refractivity contribution in [1.29, 1.82) is 0 Å². The van der Waals surface area contributed by atoms with Gasteiger partial charge in [0.25, 0.3) is 0 Å². The van der Waals surface area contributed by atoms with E-state index in [0.29, 0.717) is 0 Å². The summed E-state index contributed by atoms with van der Waals surface area (Å²) in [5, 5.41) is 0. The van der Waals surface area contributed by atoms with Crippen LogP contribution in [0, 0.1) is 6.92 Å². The number of benzene rings is 2. The van der Waals surface area contributed by atoms with Gasteiger partial charge >= 0.3 is 0 Å². The van der Waals surface area contributed by atoms with Gasteiger partial charge in [0.15, 0.2) is 0 Å². The van der Waals surface area contributed by atoms with Crippen molar-refractivity contribution in [2.45, 2.75) is 33.1 Å². The fraction of sp³-hybridized carbons (Fsp3) is 0.278. The maximum Gasteiger partial charge on any atom is 0.0659 e. The number of hydrogen-bond donors (Lipinski definition) is 0. The molecule has 1 heteroatoms. The summed E-state index contributed by atoms with van der Waals surface area (Å²) < 4.78 is 0. The SMILES string of the molecule is Cc1ccccc1/N=C/c1ccc(C(C)(C)C)cc1. The van der Waals surface area contributed by atoms with Gasteiger partial charge in [-0.25, -0.2) is 0 Å². The van der Waals surface area contributed by atoms with Crippen LogP contribution in [0.2, 0.25) is 0 Å². The third-order valence-corrected chi connectivity index (χ3v) is 3.24. The maximum absolute atomic E-state index is 4.54. The van der Waals surface area contributed by atoms with Crippen LogP contribution < -0.4 is 0 Å². The van der Waals surface area contributed by atoms with E-state index in [9.17, 15) is 0 Å². The smallest absolute Gasteiger partial charge is 0.0659 e. The van der Waals surface area contributed by atoms with Crippen LogP contribution in [0.15, 0.2) is 53.5 Å². The number of para-hydroxylation sites is 1.